The first-order valence-electron chi connectivity index (χ1n) is 33.7. The fourth-order valence-electron chi connectivity index (χ4n) is 15.5. The highest BCUT2D eigenvalue weighted by Gasteiger charge is 2.52. The Morgan fingerprint density at radius 1 is 0.202 bits per heavy atom. The van der Waals surface area contributed by atoms with Gasteiger partial charge in [-0.25, -0.2) is 0 Å². The molecule has 15 rings (SSSR count). The van der Waals surface area contributed by atoms with Crippen molar-refractivity contribution < 1.29 is 0 Å². The van der Waals surface area contributed by atoms with Crippen LogP contribution in [0.5, 0.6) is 0 Å². The molecule has 0 unspecified atom stereocenters. The predicted molar refractivity (Wildman–Crippen MR) is 400 cm³/mol. The summed E-state index contributed by atoms with van der Waals surface area (Å²) >= 11 is 0. The fraction of sp³-hybridized carbons (Fsp3) is 0.196. The molecule has 0 atom stereocenters. The van der Waals surface area contributed by atoms with Gasteiger partial charge in [0.15, 0.2) is 0 Å². The van der Waals surface area contributed by atoms with Gasteiger partial charge in [0, 0.05) is 34.1 Å². The van der Waals surface area contributed by atoms with Gasteiger partial charge in [-0.1, -0.05) is 271 Å². The number of nitrogens with zero attached hydrogens (tertiary/aromatic N) is 2. The summed E-state index contributed by atoms with van der Waals surface area (Å²) in [6.07, 6.45) is 0. The van der Waals surface area contributed by atoms with Crippen molar-refractivity contribution in [3.63, 3.8) is 0 Å². The molecule has 2 heteroatoms. The third-order valence-corrected chi connectivity index (χ3v) is 20.6. The molecule has 0 saturated heterocycles. The van der Waals surface area contributed by atoms with Crippen LogP contribution in [-0.4, -0.2) is 0 Å². The van der Waals surface area contributed by atoms with E-state index in [2.05, 4.69) is 384 Å². The molecule has 2 aliphatic carbocycles. The lowest BCUT2D eigenvalue weighted by atomic mass is 9.64. The lowest BCUT2D eigenvalue weighted by molar-refractivity contribution is 0.590. The number of anilines is 6. The van der Waals surface area contributed by atoms with Crippen molar-refractivity contribution in [2.75, 3.05) is 9.80 Å². The van der Waals surface area contributed by atoms with E-state index >= 15 is 0 Å². The SMILES string of the molecule is CC(C)(C)c1ccc(N(c2ccc(C(C)(C)C)cc2)c2ccc3cc4c(cc3c2)C(c2ccccc2)(c2ccccc2)c2cc3c(cc2-4)-c2cc4ccc(N(c5ccc(C(C)(C)C)cc5)c5ccc(C(C)(C)C)cc5)cc4cc2C3(c2ccccc2)c2ccccc2)cc1. The topological polar surface area (TPSA) is 6.48 Å². The third-order valence-electron chi connectivity index (χ3n) is 20.6. The monoisotopic (exact) mass is 1220 g/mol. The molecule has 0 radical (unpaired) electrons. The van der Waals surface area contributed by atoms with Crippen molar-refractivity contribution in [2.45, 2.75) is 116 Å². The first kappa shape index (κ1) is 60.2. The second-order valence-electron chi connectivity index (χ2n) is 30.6. The van der Waals surface area contributed by atoms with Gasteiger partial charge in [-0.3, -0.25) is 0 Å². The molecule has 0 N–H and O–H groups in total. The molecule has 13 aromatic carbocycles. The molecule has 0 spiro atoms. The van der Waals surface area contributed by atoms with Crippen LogP contribution in [0.1, 0.15) is 150 Å². The summed E-state index contributed by atoms with van der Waals surface area (Å²) in [7, 11) is 0. The Kier molecular flexibility index (Phi) is 14.3. The predicted octanol–water partition coefficient (Wildman–Crippen LogP) is 24.8. The number of hydrogen-bond donors (Lipinski definition) is 0. The molecule has 0 amide bonds. The quantitative estimate of drug-likeness (QED) is 0.135. The van der Waals surface area contributed by atoms with E-state index in [-0.39, 0.29) is 21.7 Å². The van der Waals surface area contributed by atoms with E-state index < -0.39 is 10.8 Å². The molecule has 0 aromatic heterocycles. The zero-order chi connectivity index (χ0) is 65.1. The van der Waals surface area contributed by atoms with E-state index in [9.17, 15) is 0 Å². The van der Waals surface area contributed by atoms with Gasteiger partial charge < -0.3 is 9.80 Å². The van der Waals surface area contributed by atoms with Gasteiger partial charge in [-0.15, -0.1) is 0 Å². The van der Waals surface area contributed by atoms with Gasteiger partial charge >= 0.3 is 0 Å². The Bertz CT molecular complexity index is 4470. The van der Waals surface area contributed by atoms with Crippen LogP contribution in [0.4, 0.5) is 34.1 Å². The van der Waals surface area contributed by atoms with Crippen LogP contribution in [0, 0.1) is 0 Å². The van der Waals surface area contributed by atoms with E-state index in [4.69, 9.17) is 0 Å². The summed E-state index contributed by atoms with van der Waals surface area (Å²) in [6, 6.07) is 112. The van der Waals surface area contributed by atoms with Crippen molar-refractivity contribution >= 4 is 55.7 Å². The largest absolute Gasteiger partial charge is 0.310 e. The molecule has 0 aliphatic heterocycles. The van der Waals surface area contributed by atoms with Crippen LogP contribution in [0.2, 0.25) is 0 Å². The molecule has 94 heavy (non-hydrogen) atoms. The van der Waals surface area contributed by atoms with Crippen LogP contribution >= 0.6 is 0 Å². The first-order valence-corrected chi connectivity index (χ1v) is 33.7. The van der Waals surface area contributed by atoms with Crippen LogP contribution in [0.3, 0.4) is 0 Å². The van der Waals surface area contributed by atoms with E-state index in [1.54, 1.807) is 0 Å². The zero-order valence-corrected chi connectivity index (χ0v) is 56.6. The Morgan fingerprint density at radius 2 is 0.436 bits per heavy atom. The molecule has 0 bridgehead atoms. The molecular formula is C92H84N2. The van der Waals surface area contributed by atoms with Gasteiger partial charge in [0.2, 0.25) is 0 Å². The zero-order valence-electron chi connectivity index (χ0n) is 56.6. The van der Waals surface area contributed by atoms with E-state index in [0.29, 0.717) is 0 Å². The highest BCUT2D eigenvalue weighted by Crippen LogP contribution is 2.64. The standard InChI is InChI=1S/C92H84N2/c1-87(2,3)65-35-45-73(46-36-65)93(74-47-37-66(38-48-74)88(4,5)6)77-43-33-61-55-79-81-59-82-80-56-62-34-44-78(94(75-49-39-67(40-50-75)89(7,8)9)76-51-41-68(42-52-76)90(10,11)12)54-64(62)58-84(80)92(71-29-21-15-22-30-71,72-31-23-16-24-32-72)86(82)60-85(81)91(69-25-17-13-18-26-69,70-27-19-14-20-28-70)83(79)57-63(61)53-77/h13-60H,1-12H3. The summed E-state index contributed by atoms with van der Waals surface area (Å²) in [5.74, 6) is 0. The Morgan fingerprint density at radius 3 is 0.691 bits per heavy atom. The number of rotatable bonds is 10. The molecule has 0 saturated carbocycles. The van der Waals surface area contributed by atoms with Crippen molar-refractivity contribution in [2.24, 2.45) is 0 Å². The second kappa shape index (κ2) is 22.3. The molecule has 0 fully saturated rings. The molecule has 2 nitrogen and oxygen atoms in total. The van der Waals surface area contributed by atoms with E-state index in [1.165, 1.54) is 111 Å². The summed E-state index contributed by atoms with van der Waals surface area (Å²) in [5.41, 5.74) is 25.8. The van der Waals surface area contributed by atoms with Crippen LogP contribution in [0.15, 0.2) is 291 Å². The Labute approximate surface area is 557 Å². The lowest BCUT2D eigenvalue weighted by Crippen LogP contribution is -2.31. The fourth-order valence-corrected chi connectivity index (χ4v) is 15.5. The minimum atomic E-state index is -0.704. The molecular weight excluding hydrogens is 1130 g/mol. The average Bonchev–Trinajstić information content (AvgIpc) is 1.50. The minimum Gasteiger partial charge on any atom is -0.310 e. The van der Waals surface area contributed by atoms with Crippen molar-refractivity contribution in [1.82, 2.24) is 0 Å². The molecule has 462 valence electrons. The summed E-state index contributed by atoms with van der Waals surface area (Å²) in [6.45, 7) is 27.5. The Balaban J connectivity index is 0.974. The smallest absolute Gasteiger partial charge is 0.0713 e. The third kappa shape index (κ3) is 9.99. The number of hydrogen-bond acceptors (Lipinski definition) is 2. The molecule has 0 heterocycles. The highest BCUT2D eigenvalue weighted by molar-refractivity contribution is 6.03. The van der Waals surface area contributed by atoms with Gasteiger partial charge in [0.1, 0.15) is 0 Å². The maximum atomic E-state index is 2.66. The second-order valence-corrected chi connectivity index (χ2v) is 30.6. The number of benzene rings is 13. The highest BCUT2D eigenvalue weighted by atomic mass is 15.1. The lowest BCUT2D eigenvalue weighted by Gasteiger charge is -2.37. The first-order chi connectivity index (χ1) is 45.1. The van der Waals surface area contributed by atoms with Gasteiger partial charge in [0.25, 0.3) is 0 Å². The van der Waals surface area contributed by atoms with Crippen LogP contribution < -0.4 is 9.80 Å². The van der Waals surface area contributed by atoms with Crippen LogP contribution in [0.25, 0.3) is 43.8 Å². The van der Waals surface area contributed by atoms with Crippen molar-refractivity contribution in [3.05, 3.63) is 358 Å². The summed E-state index contributed by atoms with van der Waals surface area (Å²) in [4.78, 5) is 4.88. The average molecular weight is 1220 g/mol. The molecule has 13 aromatic rings. The maximum absolute atomic E-state index is 2.66. The summed E-state index contributed by atoms with van der Waals surface area (Å²) in [5, 5.41) is 4.78. The van der Waals surface area contributed by atoms with E-state index in [0.717, 1.165) is 34.1 Å². The van der Waals surface area contributed by atoms with Crippen LogP contribution in [-0.2, 0) is 32.5 Å². The Hall–Kier alpha value is -10.0. The van der Waals surface area contributed by atoms with Crippen molar-refractivity contribution in [3.8, 4) is 22.3 Å². The van der Waals surface area contributed by atoms with Gasteiger partial charge in [0.05, 0.1) is 10.8 Å². The maximum Gasteiger partial charge on any atom is 0.0713 e. The summed E-state index contributed by atoms with van der Waals surface area (Å²) < 4.78 is 0. The minimum absolute atomic E-state index is 0.0274. The normalized spacial score (nSPS) is 13.9. The number of fused-ring (bicyclic) bond motifs is 8. The van der Waals surface area contributed by atoms with Gasteiger partial charge in [-0.05, 0) is 235 Å². The molecule has 2 aliphatic rings. The van der Waals surface area contributed by atoms with Gasteiger partial charge in [-0.2, -0.15) is 0 Å². The van der Waals surface area contributed by atoms with E-state index in [1.807, 2.05) is 0 Å². The van der Waals surface area contributed by atoms with Crippen molar-refractivity contribution in [1.29, 1.82) is 0 Å².